The molecule has 24 heavy (non-hydrogen) atoms. The number of amides is 1. The van der Waals surface area contributed by atoms with Gasteiger partial charge in [-0.15, -0.1) is 0 Å². The summed E-state index contributed by atoms with van der Waals surface area (Å²) in [5, 5.41) is 12.8. The number of hydrogen-bond donors (Lipinski definition) is 2. The SMILES string of the molecule is C[S@](=O)Cc1cccc(C(=O)Nc2cc(C(C)(C)C)ccc2O)c1. The Balaban J connectivity index is 2.25. The van der Waals surface area contributed by atoms with Crippen molar-refractivity contribution in [2.24, 2.45) is 0 Å². The lowest BCUT2D eigenvalue weighted by atomic mass is 9.87. The molecule has 2 N–H and O–H groups in total. The minimum atomic E-state index is -0.964. The Morgan fingerprint density at radius 2 is 1.88 bits per heavy atom. The van der Waals surface area contributed by atoms with Crippen LogP contribution in [0.2, 0.25) is 0 Å². The smallest absolute Gasteiger partial charge is 0.255 e. The van der Waals surface area contributed by atoms with Crippen LogP contribution >= 0.6 is 0 Å². The molecule has 2 rings (SSSR count). The van der Waals surface area contributed by atoms with Gasteiger partial charge in [0, 0.05) is 28.4 Å². The molecule has 0 spiro atoms. The lowest BCUT2D eigenvalue weighted by molar-refractivity contribution is 0.102. The molecule has 5 heteroatoms. The third-order valence-electron chi connectivity index (χ3n) is 3.67. The summed E-state index contributed by atoms with van der Waals surface area (Å²) in [4.78, 5) is 12.5. The molecule has 0 saturated heterocycles. The van der Waals surface area contributed by atoms with Gasteiger partial charge in [0.15, 0.2) is 0 Å². The lowest BCUT2D eigenvalue weighted by Crippen LogP contribution is -2.15. The highest BCUT2D eigenvalue weighted by Crippen LogP contribution is 2.31. The first-order chi connectivity index (χ1) is 11.2. The third kappa shape index (κ3) is 4.68. The molecule has 2 aromatic carbocycles. The molecule has 0 aromatic heterocycles. The van der Waals surface area contributed by atoms with Crippen molar-refractivity contribution in [1.29, 1.82) is 0 Å². The van der Waals surface area contributed by atoms with Crippen LogP contribution in [0.3, 0.4) is 0 Å². The Kier molecular flexibility index (Phi) is 5.44. The average molecular weight is 345 g/mol. The quantitative estimate of drug-likeness (QED) is 0.828. The van der Waals surface area contributed by atoms with E-state index in [1.54, 1.807) is 36.6 Å². The summed E-state index contributed by atoms with van der Waals surface area (Å²) in [7, 11) is -0.964. The molecule has 1 atom stereocenters. The number of benzene rings is 2. The van der Waals surface area contributed by atoms with E-state index in [2.05, 4.69) is 26.1 Å². The highest BCUT2D eigenvalue weighted by molar-refractivity contribution is 7.83. The molecule has 0 aliphatic carbocycles. The molecule has 0 aliphatic heterocycles. The zero-order valence-corrected chi connectivity index (χ0v) is 15.2. The number of rotatable bonds is 4. The first-order valence-corrected chi connectivity index (χ1v) is 9.43. The van der Waals surface area contributed by atoms with Crippen molar-refractivity contribution in [2.45, 2.75) is 31.9 Å². The van der Waals surface area contributed by atoms with Crippen molar-refractivity contribution in [3.8, 4) is 5.75 Å². The summed E-state index contributed by atoms with van der Waals surface area (Å²) in [5.74, 6) is 0.133. The van der Waals surface area contributed by atoms with Gasteiger partial charge in [-0.3, -0.25) is 9.00 Å². The maximum atomic E-state index is 12.5. The van der Waals surface area contributed by atoms with E-state index in [1.165, 1.54) is 0 Å². The number of anilines is 1. The van der Waals surface area contributed by atoms with Gasteiger partial charge < -0.3 is 10.4 Å². The number of phenolic OH excluding ortho intramolecular Hbond substituents is 1. The Bertz CT molecular complexity index is 778. The zero-order chi connectivity index (χ0) is 17.9. The van der Waals surface area contributed by atoms with Gasteiger partial charge in [0.2, 0.25) is 0 Å². The summed E-state index contributed by atoms with van der Waals surface area (Å²) in [6.07, 6.45) is 1.63. The number of carbonyl (C=O) groups excluding carboxylic acids is 1. The number of aromatic hydroxyl groups is 1. The number of carbonyl (C=O) groups is 1. The van der Waals surface area contributed by atoms with Crippen LogP contribution in [0.5, 0.6) is 5.75 Å². The minimum Gasteiger partial charge on any atom is -0.506 e. The lowest BCUT2D eigenvalue weighted by Gasteiger charge is -2.20. The minimum absolute atomic E-state index is 0.0298. The fourth-order valence-electron chi connectivity index (χ4n) is 2.33. The summed E-state index contributed by atoms with van der Waals surface area (Å²) in [5.41, 5.74) is 2.63. The van der Waals surface area contributed by atoms with Gasteiger partial charge in [0.25, 0.3) is 5.91 Å². The Labute approximate surface area is 145 Å². The van der Waals surface area contributed by atoms with E-state index in [4.69, 9.17) is 0 Å². The zero-order valence-electron chi connectivity index (χ0n) is 14.4. The predicted molar refractivity (Wildman–Crippen MR) is 99.0 cm³/mol. The third-order valence-corrected chi connectivity index (χ3v) is 4.41. The molecule has 0 unspecified atom stereocenters. The number of hydrogen-bond acceptors (Lipinski definition) is 3. The summed E-state index contributed by atoms with van der Waals surface area (Å²) < 4.78 is 11.3. The van der Waals surface area contributed by atoms with Gasteiger partial charge >= 0.3 is 0 Å². The molecular weight excluding hydrogens is 322 g/mol. The molecule has 4 nitrogen and oxygen atoms in total. The van der Waals surface area contributed by atoms with Crippen LogP contribution in [-0.4, -0.2) is 21.5 Å². The van der Waals surface area contributed by atoms with Crippen LogP contribution in [0, 0.1) is 0 Å². The number of nitrogens with one attached hydrogen (secondary N) is 1. The van der Waals surface area contributed by atoms with Gasteiger partial charge in [0.1, 0.15) is 5.75 Å². The Hall–Kier alpha value is -2.14. The van der Waals surface area contributed by atoms with Gasteiger partial charge in [0.05, 0.1) is 5.69 Å². The molecule has 1 amide bonds. The molecule has 0 radical (unpaired) electrons. The van der Waals surface area contributed by atoms with E-state index in [1.807, 2.05) is 12.1 Å². The van der Waals surface area contributed by atoms with Crippen LogP contribution in [0.15, 0.2) is 42.5 Å². The van der Waals surface area contributed by atoms with Crippen LogP contribution in [0.25, 0.3) is 0 Å². The molecule has 0 bridgehead atoms. The first-order valence-electron chi connectivity index (χ1n) is 7.70. The largest absolute Gasteiger partial charge is 0.506 e. The fourth-order valence-corrected chi connectivity index (χ4v) is 2.98. The van der Waals surface area contributed by atoms with Crippen LogP contribution < -0.4 is 5.32 Å². The topological polar surface area (TPSA) is 66.4 Å². The molecule has 2 aromatic rings. The molecule has 0 aliphatic rings. The van der Waals surface area contributed by atoms with Gasteiger partial charge in [-0.05, 0) is 40.8 Å². The van der Waals surface area contributed by atoms with Crippen LogP contribution in [0.4, 0.5) is 5.69 Å². The molecule has 0 saturated carbocycles. The molecule has 0 heterocycles. The van der Waals surface area contributed by atoms with Gasteiger partial charge in [-0.2, -0.15) is 0 Å². The van der Waals surface area contributed by atoms with Gasteiger partial charge in [-0.1, -0.05) is 39.0 Å². The standard InChI is InChI=1S/C19H23NO3S/c1-19(2,3)15-8-9-17(21)16(11-15)20-18(22)14-7-5-6-13(10-14)12-24(4)23/h5-11,21H,12H2,1-4H3,(H,20,22)/t24-/m0/s1. The molecular formula is C19H23NO3S. The second-order valence-electron chi connectivity index (χ2n) is 6.85. The van der Waals surface area contributed by atoms with Crippen LogP contribution in [-0.2, 0) is 22.0 Å². The van der Waals surface area contributed by atoms with Crippen molar-refractivity contribution in [3.63, 3.8) is 0 Å². The van der Waals surface area contributed by atoms with E-state index in [0.717, 1.165) is 11.1 Å². The average Bonchev–Trinajstić information content (AvgIpc) is 2.48. The second kappa shape index (κ2) is 7.18. The van der Waals surface area contributed by atoms with E-state index in [9.17, 15) is 14.1 Å². The van der Waals surface area contributed by atoms with E-state index >= 15 is 0 Å². The normalized spacial score (nSPS) is 12.7. The monoisotopic (exact) mass is 345 g/mol. The second-order valence-corrected chi connectivity index (χ2v) is 8.29. The Morgan fingerprint density at radius 3 is 2.50 bits per heavy atom. The van der Waals surface area contributed by atoms with Crippen molar-refractivity contribution < 1.29 is 14.1 Å². The molecule has 128 valence electrons. The summed E-state index contributed by atoms with van der Waals surface area (Å²) in [6, 6.07) is 12.3. The van der Waals surface area contributed by atoms with E-state index in [0.29, 0.717) is 17.0 Å². The van der Waals surface area contributed by atoms with E-state index in [-0.39, 0.29) is 17.1 Å². The fraction of sp³-hybridized carbons (Fsp3) is 0.316. The number of phenols is 1. The first kappa shape index (κ1) is 18.2. The predicted octanol–water partition coefficient (Wildman–Crippen LogP) is 3.82. The van der Waals surface area contributed by atoms with Crippen LogP contribution in [0.1, 0.15) is 42.3 Å². The van der Waals surface area contributed by atoms with Crippen molar-refractivity contribution in [2.75, 3.05) is 11.6 Å². The maximum absolute atomic E-state index is 12.5. The van der Waals surface area contributed by atoms with Crippen molar-refractivity contribution in [1.82, 2.24) is 0 Å². The highest BCUT2D eigenvalue weighted by atomic mass is 32.2. The highest BCUT2D eigenvalue weighted by Gasteiger charge is 2.17. The van der Waals surface area contributed by atoms with Crippen molar-refractivity contribution in [3.05, 3.63) is 59.2 Å². The van der Waals surface area contributed by atoms with E-state index < -0.39 is 10.8 Å². The summed E-state index contributed by atoms with van der Waals surface area (Å²) in [6.45, 7) is 6.21. The van der Waals surface area contributed by atoms with Gasteiger partial charge in [-0.25, -0.2) is 0 Å². The molecule has 0 fully saturated rings. The maximum Gasteiger partial charge on any atom is 0.255 e. The summed E-state index contributed by atoms with van der Waals surface area (Å²) >= 11 is 0. The van der Waals surface area contributed by atoms with Crippen molar-refractivity contribution >= 4 is 22.4 Å². The Morgan fingerprint density at radius 1 is 1.17 bits per heavy atom.